The molecule has 0 bridgehead atoms. The number of pyridine rings is 1. The Hall–Kier alpha value is -3.81. The average Bonchev–Trinajstić information content (AvgIpc) is 3.45. The first-order valence-electron chi connectivity index (χ1n) is 10.7. The Bertz CT molecular complexity index is 1210. The van der Waals surface area contributed by atoms with Gasteiger partial charge in [0.05, 0.1) is 23.0 Å². The zero-order valence-corrected chi connectivity index (χ0v) is 18.7. The fraction of sp³-hybridized carbons (Fsp3) is 0.292. The smallest absolute Gasteiger partial charge is 0.259 e. The number of rotatable bonds is 7. The van der Waals surface area contributed by atoms with Crippen molar-refractivity contribution in [2.24, 2.45) is 0 Å². The quantitative estimate of drug-likeness (QED) is 0.471. The SMILES string of the molecule is CCc1ccc(CNC(=O)c2cnn(-c3ccc(-c4nc(C(C)C)no4)cn3)c2C)cc1. The molecule has 8 heteroatoms. The summed E-state index contributed by atoms with van der Waals surface area (Å²) in [7, 11) is 0. The van der Waals surface area contributed by atoms with Gasteiger partial charge < -0.3 is 9.84 Å². The van der Waals surface area contributed by atoms with Crippen LogP contribution in [0.2, 0.25) is 0 Å². The molecule has 0 fully saturated rings. The van der Waals surface area contributed by atoms with Crippen LogP contribution in [0, 0.1) is 6.92 Å². The van der Waals surface area contributed by atoms with Crippen LogP contribution in [0.15, 0.2) is 53.3 Å². The van der Waals surface area contributed by atoms with Crippen LogP contribution in [0.1, 0.15) is 59.7 Å². The van der Waals surface area contributed by atoms with Crippen LogP contribution in [0.5, 0.6) is 0 Å². The van der Waals surface area contributed by atoms with Crippen LogP contribution < -0.4 is 5.32 Å². The molecule has 8 nitrogen and oxygen atoms in total. The number of aromatic nitrogens is 5. The van der Waals surface area contributed by atoms with E-state index in [1.165, 1.54) is 5.56 Å². The lowest BCUT2D eigenvalue weighted by Gasteiger charge is -2.07. The fourth-order valence-electron chi connectivity index (χ4n) is 3.26. The normalized spacial score (nSPS) is 11.2. The van der Waals surface area contributed by atoms with Crippen molar-refractivity contribution in [1.82, 2.24) is 30.2 Å². The van der Waals surface area contributed by atoms with Crippen LogP contribution in [-0.2, 0) is 13.0 Å². The molecule has 0 spiro atoms. The molecule has 164 valence electrons. The van der Waals surface area contributed by atoms with E-state index in [1.807, 2.05) is 45.0 Å². The van der Waals surface area contributed by atoms with E-state index >= 15 is 0 Å². The Kier molecular flexibility index (Phi) is 6.11. The molecule has 4 rings (SSSR count). The number of carbonyl (C=O) groups is 1. The van der Waals surface area contributed by atoms with E-state index in [0.29, 0.717) is 35.3 Å². The van der Waals surface area contributed by atoms with Crippen LogP contribution in [0.4, 0.5) is 0 Å². The lowest BCUT2D eigenvalue weighted by atomic mass is 10.1. The minimum Gasteiger partial charge on any atom is -0.348 e. The third kappa shape index (κ3) is 4.44. The summed E-state index contributed by atoms with van der Waals surface area (Å²) in [6.45, 7) is 8.44. The molecule has 32 heavy (non-hydrogen) atoms. The van der Waals surface area contributed by atoms with Gasteiger partial charge in [-0.1, -0.05) is 50.2 Å². The molecule has 0 unspecified atom stereocenters. The molecule has 0 radical (unpaired) electrons. The second-order valence-electron chi connectivity index (χ2n) is 7.93. The van der Waals surface area contributed by atoms with Gasteiger partial charge in [0.2, 0.25) is 0 Å². The molecule has 1 aromatic carbocycles. The zero-order chi connectivity index (χ0) is 22.7. The molecular formula is C24H26N6O2. The molecule has 0 atom stereocenters. The molecule has 1 amide bonds. The van der Waals surface area contributed by atoms with Gasteiger partial charge in [0.25, 0.3) is 11.8 Å². The van der Waals surface area contributed by atoms with Crippen molar-refractivity contribution in [3.05, 3.63) is 77.0 Å². The van der Waals surface area contributed by atoms with Crippen LogP contribution in [0.3, 0.4) is 0 Å². The summed E-state index contributed by atoms with van der Waals surface area (Å²) >= 11 is 0. The molecule has 0 aliphatic heterocycles. The molecule has 0 aliphatic rings. The summed E-state index contributed by atoms with van der Waals surface area (Å²) in [5.74, 6) is 1.70. The highest BCUT2D eigenvalue weighted by Crippen LogP contribution is 2.21. The minimum absolute atomic E-state index is 0.169. The van der Waals surface area contributed by atoms with E-state index < -0.39 is 0 Å². The van der Waals surface area contributed by atoms with Crippen LogP contribution in [0.25, 0.3) is 17.3 Å². The third-order valence-corrected chi connectivity index (χ3v) is 5.31. The summed E-state index contributed by atoms with van der Waals surface area (Å²) in [4.78, 5) is 21.5. The number of aryl methyl sites for hydroxylation is 1. The highest BCUT2D eigenvalue weighted by Gasteiger charge is 2.17. The van der Waals surface area contributed by atoms with E-state index in [0.717, 1.165) is 17.5 Å². The number of carbonyl (C=O) groups excluding carboxylic acids is 1. The Labute approximate surface area is 186 Å². The number of hydrogen-bond donors (Lipinski definition) is 1. The van der Waals surface area contributed by atoms with E-state index in [4.69, 9.17) is 4.52 Å². The number of nitrogens with zero attached hydrogens (tertiary/aromatic N) is 5. The molecule has 3 heterocycles. The maximum absolute atomic E-state index is 12.7. The summed E-state index contributed by atoms with van der Waals surface area (Å²) in [6, 6.07) is 11.9. The monoisotopic (exact) mass is 430 g/mol. The van der Waals surface area contributed by atoms with Crippen molar-refractivity contribution in [2.75, 3.05) is 0 Å². The largest absolute Gasteiger partial charge is 0.348 e. The Morgan fingerprint density at radius 3 is 2.47 bits per heavy atom. The molecule has 0 aliphatic carbocycles. The Balaban J connectivity index is 1.46. The van der Waals surface area contributed by atoms with Gasteiger partial charge in [0, 0.05) is 18.7 Å². The summed E-state index contributed by atoms with van der Waals surface area (Å²) in [5.41, 5.74) is 4.28. The summed E-state index contributed by atoms with van der Waals surface area (Å²) in [6.07, 6.45) is 4.22. The van der Waals surface area contributed by atoms with Gasteiger partial charge >= 0.3 is 0 Å². The van der Waals surface area contributed by atoms with E-state index in [1.54, 1.807) is 17.1 Å². The predicted molar refractivity (Wildman–Crippen MR) is 120 cm³/mol. The molecule has 1 N–H and O–H groups in total. The van der Waals surface area contributed by atoms with Crippen LogP contribution in [-0.4, -0.2) is 30.8 Å². The highest BCUT2D eigenvalue weighted by molar-refractivity contribution is 5.95. The predicted octanol–water partition coefficient (Wildman–Crippen LogP) is 4.24. The Morgan fingerprint density at radius 2 is 1.84 bits per heavy atom. The van der Waals surface area contributed by atoms with Gasteiger partial charge in [-0.25, -0.2) is 9.67 Å². The number of benzene rings is 1. The van der Waals surface area contributed by atoms with E-state index in [2.05, 4.69) is 44.6 Å². The van der Waals surface area contributed by atoms with Crippen molar-refractivity contribution >= 4 is 5.91 Å². The first-order valence-corrected chi connectivity index (χ1v) is 10.7. The second-order valence-corrected chi connectivity index (χ2v) is 7.93. The summed E-state index contributed by atoms with van der Waals surface area (Å²) < 4.78 is 6.96. The van der Waals surface area contributed by atoms with Gasteiger partial charge in [0.15, 0.2) is 11.6 Å². The maximum atomic E-state index is 12.7. The first kappa shape index (κ1) is 21.4. The third-order valence-electron chi connectivity index (χ3n) is 5.31. The van der Waals surface area contributed by atoms with Gasteiger partial charge in [-0.2, -0.15) is 10.1 Å². The van der Waals surface area contributed by atoms with Gasteiger partial charge in [-0.15, -0.1) is 0 Å². The topological polar surface area (TPSA) is 98.7 Å². The van der Waals surface area contributed by atoms with Crippen molar-refractivity contribution in [1.29, 1.82) is 0 Å². The molecular weight excluding hydrogens is 404 g/mol. The summed E-state index contributed by atoms with van der Waals surface area (Å²) in [5, 5.41) is 11.3. The maximum Gasteiger partial charge on any atom is 0.259 e. The van der Waals surface area contributed by atoms with E-state index in [9.17, 15) is 4.79 Å². The lowest BCUT2D eigenvalue weighted by Crippen LogP contribution is -2.23. The zero-order valence-electron chi connectivity index (χ0n) is 18.7. The van der Waals surface area contributed by atoms with E-state index in [-0.39, 0.29) is 11.8 Å². The van der Waals surface area contributed by atoms with Crippen molar-refractivity contribution in [3.8, 4) is 17.3 Å². The van der Waals surface area contributed by atoms with Gasteiger partial charge in [-0.05, 0) is 36.6 Å². The molecule has 0 saturated heterocycles. The first-order chi connectivity index (χ1) is 15.5. The van der Waals surface area contributed by atoms with Gasteiger partial charge in [-0.3, -0.25) is 4.79 Å². The number of nitrogens with one attached hydrogen (secondary N) is 1. The van der Waals surface area contributed by atoms with Gasteiger partial charge in [0.1, 0.15) is 0 Å². The number of amides is 1. The number of hydrogen-bond acceptors (Lipinski definition) is 6. The Morgan fingerprint density at radius 1 is 1.09 bits per heavy atom. The van der Waals surface area contributed by atoms with Crippen molar-refractivity contribution in [3.63, 3.8) is 0 Å². The highest BCUT2D eigenvalue weighted by atomic mass is 16.5. The molecule has 0 saturated carbocycles. The van der Waals surface area contributed by atoms with Crippen molar-refractivity contribution < 1.29 is 9.32 Å². The second kappa shape index (κ2) is 9.13. The average molecular weight is 431 g/mol. The fourth-order valence-corrected chi connectivity index (χ4v) is 3.26. The minimum atomic E-state index is -0.169. The standard InChI is InChI=1S/C24H26N6O2/c1-5-17-6-8-18(9-7-17)12-26-23(31)20-14-27-30(16(20)4)21-11-10-19(13-25-21)24-28-22(15(2)3)29-32-24/h6-11,13-15H,5,12H2,1-4H3,(H,26,31). The van der Waals surface area contributed by atoms with Crippen molar-refractivity contribution in [2.45, 2.75) is 46.6 Å². The van der Waals surface area contributed by atoms with Crippen LogP contribution >= 0.6 is 0 Å². The molecule has 4 aromatic rings. The molecule has 3 aromatic heterocycles. The lowest BCUT2D eigenvalue weighted by molar-refractivity contribution is 0.0950.